The molecule has 0 aliphatic carbocycles. The van der Waals surface area contributed by atoms with Gasteiger partial charge in [0.15, 0.2) is 0 Å². The Balaban J connectivity index is 0. The average Bonchev–Trinajstić information content (AvgIpc) is 2.94. The molecule has 6 nitrogen and oxygen atoms in total. The van der Waals surface area contributed by atoms with Crippen LogP contribution in [-0.4, -0.2) is 54.6 Å². The fourth-order valence-corrected chi connectivity index (χ4v) is 5.70. The van der Waals surface area contributed by atoms with Gasteiger partial charge in [-0.15, -0.1) is 0 Å². The molecule has 0 spiro atoms. The highest BCUT2D eigenvalue weighted by Crippen LogP contribution is 2.34. The maximum atomic E-state index is 5.55. The zero-order chi connectivity index (χ0) is 30.0. The molecule has 0 heterocycles. The lowest BCUT2D eigenvalue weighted by molar-refractivity contribution is -0.381. The van der Waals surface area contributed by atoms with Crippen molar-refractivity contribution in [3.05, 3.63) is 0 Å². The van der Waals surface area contributed by atoms with Crippen LogP contribution in [0.15, 0.2) is 0 Å². The van der Waals surface area contributed by atoms with Crippen molar-refractivity contribution in [2.45, 2.75) is 156 Å². The molecule has 0 saturated carbocycles. The highest BCUT2D eigenvalue weighted by Gasteiger charge is 2.40. The molecule has 0 aliphatic heterocycles. The molecule has 2 atom stereocenters. The van der Waals surface area contributed by atoms with Crippen molar-refractivity contribution in [1.29, 1.82) is 0 Å². The lowest BCUT2D eigenvalue weighted by Crippen LogP contribution is -2.44. The van der Waals surface area contributed by atoms with Gasteiger partial charge in [-0.2, -0.15) is 0 Å². The second-order valence-corrected chi connectivity index (χ2v) is 11.4. The minimum atomic E-state index is -0.881. The zero-order valence-electron chi connectivity index (χ0n) is 28.2. The maximum Gasteiger partial charge on any atom is 0.285 e. The van der Waals surface area contributed by atoms with Crippen LogP contribution in [0.5, 0.6) is 0 Å². The van der Waals surface area contributed by atoms with Gasteiger partial charge in [-0.3, -0.25) is 0 Å². The zero-order valence-corrected chi connectivity index (χ0v) is 28.2. The molecule has 0 aromatic carbocycles. The normalized spacial score (nSPS) is 13.8. The fourth-order valence-electron chi connectivity index (χ4n) is 5.70. The van der Waals surface area contributed by atoms with E-state index in [1.165, 1.54) is 77.0 Å². The molecule has 2 unspecified atom stereocenters. The van der Waals surface area contributed by atoms with Crippen LogP contribution < -0.4 is 0 Å². The summed E-state index contributed by atoms with van der Waals surface area (Å²) in [5.41, 5.74) is 0. The largest absolute Gasteiger partial charge is 0.331 e. The monoisotopic (exact) mass is 563 g/mol. The molecular formula is C33H70O6. The van der Waals surface area contributed by atoms with Gasteiger partial charge in [0, 0.05) is 54.5 Å². The molecule has 0 aliphatic rings. The van der Waals surface area contributed by atoms with Crippen molar-refractivity contribution in [1.82, 2.24) is 0 Å². The number of rotatable bonds is 26. The van der Waals surface area contributed by atoms with Crippen LogP contribution in [0.3, 0.4) is 0 Å². The van der Waals surface area contributed by atoms with Gasteiger partial charge in [0.2, 0.25) is 0 Å². The van der Waals surface area contributed by atoms with E-state index in [0.717, 1.165) is 32.1 Å². The molecule has 39 heavy (non-hydrogen) atoms. The number of hydrogen-bond donors (Lipinski definition) is 0. The smallest absolute Gasteiger partial charge is 0.285 e. The molecule has 0 fully saturated rings. The lowest BCUT2D eigenvalue weighted by atomic mass is 9.89. The Morgan fingerprint density at radius 1 is 0.410 bits per heavy atom. The molecule has 0 saturated heterocycles. The molecule has 238 valence electrons. The highest BCUT2D eigenvalue weighted by atomic mass is 16.9. The molecule has 0 rings (SSSR count). The Morgan fingerprint density at radius 3 is 1.08 bits per heavy atom. The van der Waals surface area contributed by atoms with Crippen molar-refractivity contribution >= 4 is 0 Å². The second kappa shape index (κ2) is 26.6. The van der Waals surface area contributed by atoms with Crippen LogP contribution in [-0.2, 0) is 28.4 Å². The first-order valence-corrected chi connectivity index (χ1v) is 16.1. The first-order valence-electron chi connectivity index (χ1n) is 16.1. The standard InChI is InChI=1S/C17H36O3.C16H34O3/c1-7-8-9-10-11-12-13-16(14-15(2)3)17(18-4,19-5)20-6;1-6-8-9-10-11-12-14-15(13-7-2)16(17-3,18-4)19-5/h15-16H,7-14H2,1-6H3;15H,6-14H2,1-5H3. The van der Waals surface area contributed by atoms with Gasteiger partial charge in [-0.25, -0.2) is 0 Å². The first-order chi connectivity index (χ1) is 18.8. The Hall–Kier alpha value is -0.240. The minimum absolute atomic E-state index is 0.286. The Labute approximate surface area is 244 Å². The number of methoxy groups -OCH3 is 6. The molecule has 0 amide bonds. The van der Waals surface area contributed by atoms with Crippen molar-refractivity contribution in [2.24, 2.45) is 17.8 Å². The Bertz CT molecular complexity index is 474. The van der Waals surface area contributed by atoms with E-state index in [1.54, 1.807) is 42.7 Å². The molecule has 0 bridgehead atoms. The van der Waals surface area contributed by atoms with E-state index in [1.807, 2.05) is 0 Å². The van der Waals surface area contributed by atoms with Gasteiger partial charge in [0.1, 0.15) is 0 Å². The molecule has 0 aromatic heterocycles. The van der Waals surface area contributed by atoms with Gasteiger partial charge in [0.25, 0.3) is 11.9 Å². The lowest BCUT2D eigenvalue weighted by Gasteiger charge is -2.37. The van der Waals surface area contributed by atoms with Crippen molar-refractivity contribution < 1.29 is 28.4 Å². The maximum absolute atomic E-state index is 5.55. The average molecular weight is 563 g/mol. The third kappa shape index (κ3) is 17.3. The van der Waals surface area contributed by atoms with E-state index < -0.39 is 11.9 Å². The van der Waals surface area contributed by atoms with E-state index in [9.17, 15) is 0 Å². The van der Waals surface area contributed by atoms with Crippen molar-refractivity contribution in [3.63, 3.8) is 0 Å². The highest BCUT2D eigenvalue weighted by molar-refractivity contribution is 4.73. The van der Waals surface area contributed by atoms with E-state index in [-0.39, 0.29) is 5.92 Å². The number of ether oxygens (including phenoxy) is 6. The summed E-state index contributed by atoms with van der Waals surface area (Å²) in [4.78, 5) is 0. The topological polar surface area (TPSA) is 55.4 Å². The van der Waals surface area contributed by atoms with Crippen LogP contribution in [0.1, 0.15) is 144 Å². The van der Waals surface area contributed by atoms with Crippen LogP contribution in [0.2, 0.25) is 0 Å². The summed E-state index contributed by atoms with van der Waals surface area (Å²) in [6.07, 6.45) is 21.2. The van der Waals surface area contributed by atoms with Gasteiger partial charge in [-0.05, 0) is 31.6 Å². The molecule has 0 N–H and O–H groups in total. The third-order valence-electron chi connectivity index (χ3n) is 7.91. The summed E-state index contributed by atoms with van der Waals surface area (Å²) >= 11 is 0. The predicted molar refractivity (Wildman–Crippen MR) is 165 cm³/mol. The summed E-state index contributed by atoms with van der Waals surface area (Å²) < 4.78 is 33.2. The van der Waals surface area contributed by atoms with Crippen LogP contribution in [0.4, 0.5) is 0 Å². The van der Waals surface area contributed by atoms with Gasteiger partial charge < -0.3 is 28.4 Å². The van der Waals surface area contributed by atoms with Crippen molar-refractivity contribution in [2.75, 3.05) is 42.7 Å². The van der Waals surface area contributed by atoms with Crippen LogP contribution >= 0.6 is 0 Å². The molecule has 0 radical (unpaired) electrons. The van der Waals surface area contributed by atoms with Crippen molar-refractivity contribution in [3.8, 4) is 0 Å². The number of hydrogen-bond acceptors (Lipinski definition) is 6. The second-order valence-electron chi connectivity index (χ2n) is 11.4. The van der Waals surface area contributed by atoms with Crippen LogP contribution in [0, 0.1) is 17.8 Å². The molecule has 0 aromatic rings. The van der Waals surface area contributed by atoms with E-state index in [2.05, 4.69) is 34.6 Å². The Morgan fingerprint density at radius 2 is 0.744 bits per heavy atom. The van der Waals surface area contributed by atoms with Gasteiger partial charge in [0.05, 0.1) is 0 Å². The van der Waals surface area contributed by atoms with Crippen LogP contribution in [0.25, 0.3) is 0 Å². The summed E-state index contributed by atoms with van der Waals surface area (Å²) in [6.45, 7) is 11.2. The summed E-state index contributed by atoms with van der Waals surface area (Å²) in [5.74, 6) is -0.537. The molecular weight excluding hydrogens is 492 g/mol. The van der Waals surface area contributed by atoms with Gasteiger partial charge in [-0.1, -0.05) is 118 Å². The quantitative estimate of drug-likeness (QED) is 0.0772. The summed E-state index contributed by atoms with van der Waals surface area (Å²) in [5, 5.41) is 0. The van der Waals surface area contributed by atoms with E-state index >= 15 is 0 Å². The van der Waals surface area contributed by atoms with E-state index in [0.29, 0.717) is 11.8 Å². The predicted octanol–water partition coefficient (Wildman–Crippen LogP) is 9.74. The van der Waals surface area contributed by atoms with E-state index in [4.69, 9.17) is 28.4 Å². The van der Waals surface area contributed by atoms with Gasteiger partial charge >= 0.3 is 0 Å². The third-order valence-corrected chi connectivity index (χ3v) is 7.91. The first kappa shape index (κ1) is 40.9. The number of unbranched alkanes of at least 4 members (excludes halogenated alkanes) is 10. The Kier molecular flexibility index (Phi) is 27.9. The summed E-state index contributed by atoms with van der Waals surface area (Å²) in [6, 6.07) is 0. The fraction of sp³-hybridized carbons (Fsp3) is 1.00. The molecule has 6 heteroatoms. The SMILES string of the molecule is CCCCCCCCC(CC(C)C)C(OC)(OC)OC.CCCCCCCCC(CCC)C(OC)(OC)OC. The summed E-state index contributed by atoms with van der Waals surface area (Å²) in [7, 11) is 10.00. The minimum Gasteiger partial charge on any atom is -0.331 e.